The van der Waals surface area contributed by atoms with Crippen LogP contribution in [0.3, 0.4) is 0 Å². The van der Waals surface area contributed by atoms with Gasteiger partial charge in [-0.2, -0.15) is 0 Å². The van der Waals surface area contributed by atoms with Gasteiger partial charge in [0.25, 0.3) is 0 Å². The highest BCUT2D eigenvalue weighted by molar-refractivity contribution is 7.91. The van der Waals surface area contributed by atoms with Gasteiger partial charge >= 0.3 is 0 Å². The molecule has 1 heterocycles. The Kier molecular flexibility index (Phi) is 4.01. The Labute approximate surface area is 112 Å². The first-order valence-corrected chi connectivity index (χ1v) is 9.22. The number of amides is 1. The molecule has 1 aliphatic heterocycles. The number of carbonyl (C=O) groups is 1. The van der Waals surface area contributed by atoms with Crippen molar-refractivity contribution >= 4 is 25.5 Å². The van der Waals surface area contributed by atoms with Crippen molar-refractivity contribution in [2.24, 2.45) is 5.92 Å². The third-order valence-electron chi connectivity index (χ3n) is 2.96. The average molecular weight is 293 g/mol. The van der Waals surface area contributed by atoms with E-state index in [0.29, 0.717) is 0 Å². The molecule has 1 rings (SSSR count). The van der Waals surface area contributed by atoms with Gasteiger partial charge in [0.05, 0.1) is 11.5 Å². The monoisotopic (exact) mass is 293 g/mol. The molecule has 0 aromatic rings. The molecule has 0 bridgehead atoms. The summed E-state index contributed by atoms with van der Waals surface area (Å²) in [5.74, 6) is -0.847. The van der Waals surface area contributed by atoms with Crippen LogP contribution in [0.2, 0.25) is 5.04 Å². The fourth-order valence-electron chi connectivity index (χ4n) is 1.88. The van der Waals surface area contributed by atoms with Crippen LogP contribution in [0.25, 0.3) is 0 Å². The maximum atomic E-state index is 11.6. The molecule has 0 aromatic carbocycles. The van der Waals surface area contributed by atoms with E-state index in [1.807, 2.05) is 0 Å². The van der Waals surface area contributed by atoms with E-state index in [9.17, 15) is 13.2 Å². The summed E-state index contributed by atoms with van der Waals surface area (Å²) in [6.07, 6.45) is 1.14. The molecule has 1 amide bonds. The van der Waals surface area contributed by atoms with Crippen LogP contribution in [0.15, 0.2) is 0 Å². The first-order chi connectivity index (χ1) is 7.84. The topological polar surface area (TPSA) is 72.5 Å². The van der Waals surface area contributed by atoms with Crippen LogP contribution in [0.1, 0.15) is 34.6 Å². The number of hydrogen-bond acceptors (Lipinski definition) is 4. The van der Waals surface area contributed by atoms with Crippen molar-refractivity contribution in [1.29, 1.82) is 0 Å². The van der Waals surface area contributed by atoms with Gasteiger partial charge in [0.1, 0.15) is 5.37 Å². The lowest BCUT2D eigenvalue weighted by Crippen LogP contribution is -2.68. The molecule has 0 spiro atoms. The highest BCUT2D eigenvalue weighted by Crippen LogP contribution is 2.34. The van der Waals surface area contributed by atoms with Gasteiger partial charge in [0.15, 0.2) is 19.6 Å². The summed E-state index contributed by atoms with van der Waals surface area (Å²) in [6.45, 7) is 9.86. The van der Waals surface area contributed by atoms with Gasteiger partial charge in [-0.1, -0.05) is 20.8 Å². The van der Waals surface area contributed by atoms with Crippen molar-refractivity contribution in [3.63, 3.8) is 0 Å². The van der Waals surface area contributed by atoms with Gasteiger partial charge < -0.3 is 9.74 Å². The van der Waals surface area contributed by atoms with E-state index in [1.54, 1.807) is 13.8 Å². The molecule has 5 nitrogen and oxygen atoms in total. The van der Waals surface area contributed by atoms with Gasteiger partial charge in [-0.3, -0.25) is 4.79 Å². The smallest absolute Gasteiger partial charge is 0.230 e. The van der Waals surface area contributed by atoms with Gasteiger partial charge in [-0.15, -0.1) is 0 Å². The second kappa shape index (κ2) is 4.61. The number of sulfone groups is 1. The normalized spacial score (nSPS) is 26.2. The minimum absolute atomic E-state index is 0.109. The van der Waals surface area contributed by atoms with Crippen LogP contribution in [-0.4, -0.2) is 41.3 Å². The molecule has 0 aliphatic carbocycles. The van der Waals surface area contributed by atoms with Crippen LogP contribution < -0.4 is 5.32 Å². The molecular weight excluding hydrogens is 270 g/mol. The maximum Gasteiger partial charge on any atom is 0.230 e. The number of rotatable bonds is 4. The van der Waals surface area contributed by atoms with E-state index in [1.165, 1.54) is 0 Å². The second-order valence-electron chi connectivity index (χ2n) is 6.69. The molecule has 1 saturated heterocycles. The molecule has 0 unspecified atom stereocenters. The summed E-state index contributed by atoms with van der Waals surface area (Å²) in [5, 5.41) is 1.74. The quantitative estimate of drug-likeness (QED) is 0.594. The van der Waals surface area contributed by atoms with Gasteiger partial charge in [-0.05, 0) is 18.9 Å². The molecule has 1 N–H and O–H groups in total. The van der Waals surface area contributed by atoms with Gasteiger partial charge in [-0.25, -0.2) is 8.42 Å². The van der Waals surface area contributed by atoms with E-state index in [-0.39, 0.29) is 10.9 Å². The van der Waals surface area contributed by atoms with E-state index >= 15 is 0 Å². The minimum Gasteiger partial charge on any atom is -0.418 e. The Balaban J connectivity index is 2.81. The third kappa shape index (κ3) is 3.55. The number of carbonyl (C=O) groups excluding carboxylic acids is 1. The molecule has 18 heavy (non-hydrogen) atoms. The Bertz CT molecular complexity index is 438. The number of hydrogen-bond donors (Lipinski definition) is 1. The molecule has 2 atom stereocenters. The predicted octanol–water partition coefficient (Wildman–Crippen LogP) is 0.200. The first-order valence-electron chi connectivity index (χ1n) is 5.98. The Morgan fingerprint density at radius 1 is 1.22 bits per heavy atom. The molecule has 106 valence electrons. The van der Waals surface area contributed by atoms with Crippen LogP contribution >= 0.6 is 0 Å². The van der Waals surface area contributed by atoms with Crippen molar-refractivity contribution in [2.75, 3.05) is 6.26 Å². The Morgan fingerprint density at radius 3 is 2.06 bits per heavy atom. The summed E-state index contributed by atoms with van der Waals surface area (Å²) in [7, 11) is -4.12. The molecule has 1 fully saturated rings. The zero-order valence-corrected chi connectivity index (χ0v) is 14.1. The fourth-order valence-corrected chi connectivity index (χ4v) is 4.14. The van der Waals surface area contributed by atoms with Crippen LogP contribution in [0, 0.1) is 5.92 Å². The van der Waals surface area contributed by atoms with Crippen LogP contribution in [-0.2, 0) is 19.1 Å². The van der Waals surface area contributed by atoms with Crippen LogP contribution in [0.5, 0.6) is 0 Å². The van der Waals surface area contributed by atoms with Crippen molar-refractivity contribution in [2.45, 2.75) is 50.6 Å². The molecule has 7 heteroatoms. The summed E-state index contributed by atoms with van der Waals surface area (Å²) >= 11 is 0. The standard InChI is InChI=1S/C11H23NO4SSi/c1-10(2,3)18-16-11(4,5)7-8(13)12-9(7)17(6,14)15/h7,9H,18H2,1-6H3,(H,12,13)/t7-,9+/m0/s1. The fraction of sp³-hybridized carbons (Fsp3) is 0.909. The summed E-state index contributed by atoms with van der Waals surface area (Å²) < 4.78 is 29.0. The predicted molar refractivity (Wildman–Crippen MR) is 73.7 cm³/mol. The highest BCUT2D eigenvalue weighted by Gasteiger charge is 2.54. The lowest BCUT2D eigenvalue weighted by Gasteiger charge is -2.45. The molecule has 0 aromatic heterocycles. The highest BCUT2D eigenvalue weighted by atomic mass is 32.2. The Hall–Kier alpha value is -0.403. The summed E-state index contributed by atoms with van der Waals surface area (Å²) in [5.41, 5.74) is -0.727. The SMILES string of the molecule is CC(C)(C)[SiH2]OC(C)(C)[C@H]1C(=O)N[C@@H]1S(C)(=O)=O. The molecular formula is C11H23NO4SSi. The number of nitrogens with one attached hydrogen (secondary N) is 1. The van der Waals surface area contributed by atoms with Crippen molar-refractivity contribution in [1.82, 2.24) is 5.32 Å². The lowest BCUT2D eigenvalue weighted by molar-refractivity contribution is -0.141. The third-order valence-corrected chi connectivity index (χ3v) is 6.02. The van der Waals surface area contributed by atoms with Crippen molar-refractivity contribution in [3.05, 3.63) is 0 Å². The largest absolute Gasteiger partial charge is 0.418 e. The van der Waals surface area contributed by atoms with Gasteiger partial charge in [0.2, 0.25) is 5.91 Å². The first kappa shape index (κ1) is 15.7. The second-order valence-corrected chi connectivity index (χ2v) is 11.6. The van der Waals surface area contributed by atoms with E-state index < -0.39 is 36.5 Å². The lowest BCUT2D eigenvalue weighted by atomic mass is 9.85. The van der Waals surface area contributed by atoms with E-state index in [0.717, 1.165) is 6.26 Å². The van der Waals surface area contributed by atoms with E-state index in [4.69, 9.17) is 4.43 Å². The van der Waals surface area contributed by atoms with Crippen molar-refractivity contribution < 1.29 is 17.6 Å². The zero-order chi connectivity index (χ0) is 14.4. The average Bonchev–Trinajstić information content (AvgIpc) is 2.07. The maximum absolute atomic E-state index is 11.6. The van der Waals surface area contributed by atoms with Crippen LogP contribution in [0.4, 0.5) is 0 Å². The van der Waals surface area contributed by atoms with Crippen molar-refractivity contribution in [3.8, 4) is 0 Å². The molecule has 1 aliphatic rings. The van der Waals surface area contributed by atoms with Gasteiger partial charge in [0, 0.05) is 6.26 Å². The minimum atomic E-state index is -3.28. The molecule has 0 saturated carbocycles. The summed E-state index contributed by atoms with van der Waals surface area (Å²) in [6, 6.07) is 0. The van der Waals surface area contributed by atoms with E-state index in [2.05, 4.69) is 26.1 Å². The summed E-state index contributed by atoms with van der Waals surface area (Å²) in [4.78, 5) is 11.6. The number of β-lactam (4-membered cyclic amide) rings is 1. The zero-order valence-electron chi connectivity index (χ0n) is 11.9. The Morgan fingerprint density at radius 2 is 1.72 bits per heavy atom. The molecule has 0 radical (unpaired) electrons.